The van der Waals surface area contributed by atoms with E-state index in [1.807, 2.05) is 6.07 Å². The van der Waals surface area contributed by atoms with Crippen molar-refractivity contribution in [3.8, 4) is 0 Å². The molecule has 5 unspecified atom stereocenters. The molecule has 0 radical (unpaired) electrons. The lowest BCUT2D eigenvalue weighted by molar-refractivity contribution is -0.145. The van der Waals surface area contributed by atoms with Crippen LogP contribution in [0.1, 0.15) is 18.4 Å². The number of nitrogens with one attached hydrogen (secondary N) is 3. The summed E-state index contributed by atoms with van der Waals surface area (Å²) < 4.78 is 35.8. The molecule has 5 atom stereocenters. The van der Waals surface area contributed by atoms with E-state index in [9.17, 15) is 13.2 Å². The zero-order valence-corrected chi connectivity index (χ0v) is 16.2. The fraction of sp³-hybridized carbons (Fsp3) is 0.588. The van der Waals surface area contributed by atoms with E-state index in [4.69, 9.17) is 14.6 Å². The predicted octanol–water partition coefficient (Wildman–Crippen LogP) is -0.0963. The van der Waals surface area contributed by atoms with E-state index >= 15 is 0 Å². The summed E-state index contributed by atoms with van der Waals surface area (Å²) in [6.45, 7) is 0. The second-order valence-electron chi connectivity index (χ2n) is 7.08. The van der Waals surface area contributed by atoms with Gasteiger partial charge in [0, 0.05) is 31.9 Å². The van der Waals surface area contributed by atoms with E-state index in [-0.39, 0.29) is 36.0 Å². The van der Waals surface area contributed by atoms with Gasteiger partial charge in [-0.15, -0.1) is 0 Å². The molecular formula is C17H26N4O5S. The molecule has 3 rings (SSSR count). The number of methoxy groups -OCH3 is 2. The molecular weight excluding hydrogens is 372 g/mol. The molecule has 1 saturated carbocycles. The molecule has 0 spiro atoms. The molecule has 0 bridgehead atoms. The summed E-state index contributed by atoms with van der Waals surface area (Å²) in [6, 6.07) is 7.05. The van der Waals surface area contributed by atoms with Crippen LogP contribution in [-0.2, 0) is 30.9 Å². The average Bonchev–Trinajstić information content (AvgIpc) is 2.62. The molecule has 5 N–H and O–H groups in total. The monoisotopic (exact) mass is 398 g/mol. The van der Waals surface area contributed by atoms with Gasteiger partial charge in [0.25, 0.3) is 10.2 Å². The normalized spacial score (nSPS) is 31.1. The Morgan fingerprint density at radius 2 is 1.93 bits per heavy atom. The lowest BCUT2D eigenvalue weighted by atomic mass is 9.70. The topological polar surface area (TPSA) is 132 Å². The minimum absolute atomic E-state index is 0.00658. The number of rotatable bonds is 6. The van der Waals surface area contributed by atoms with Gasteiger partial charge in [-0.25, -0.2) is 10.6 Å². The quantitative estimate of drug-likeness (QED) is 0.529. The van der Waals surface area contributed by atoms with Crippen molar-refractivity contribution in [2.75, 3.05) is 18.9 Å². The van der Waals surface area contributed by atoms with Crippen molar-refractivity contribution in [1.29, 1.82) is 0 Å². The first-order valence-corrected chi connectivity index (χ1v) is 10.4. The van der Waals surface area contributed by atoms with E-state index in [1.165, 1.54) is 0 Å². The van der Waals surface area contributed by atoms with Gasteiger partial charge < -0.3 is 9.47 Å². The molecule has 27 heavy (non-hydrogen) atoms. The first-order valence-electron chi connectivity index (χ1n) is 8.81. The van der Waals surface area contributed by atoms with Crippen LogP contribution in [0.25, 0.3) is 0 Å². The number of hydrazine groups is 1. The van der Waals surface area contributed by atoms with E-state index in [0.29, 0.717) is 24.9 Å². The number of nitrogens with two attached hydrogens (primary N) is 1. The first-order chi connectivity index (χ1) is 12.8. The summed E-state index contributed by atoms with van der Waals surface area (Å²) in [5.41, 5.74) is 7.20. The molecule has 1 aliphatic heterocycles. The fourth-order valence-corrected chi connectivity index (χ4v) is 4.60. The molecule has 1 aliphatic carbocycles. The third kappa shape index (κ3) is 4.77. The second kappa shape index (κ2) is 8.11. The summed E-state index contributed by atoms with van der Waals surface area (Å²) in [4.78, 5) is 12.3. The Balaban J connectivity index is 1.77. The lowest BCUT2D eigenvalue weighted by Gasteiger charge is -2.46. The number of hydrogen-bond donors (Lipinski definition) is 4. The predicted molar refractivity (Wildman–Crippen MR) is 99.8 cm³/mol. The van der Waals surface area contributed by atoms with Crippen molar-refractivity contribution in [1.82, 2.24) is 10.9 Å². The van der Waals surface area contributed by atoms with Gasteiger partial charge in [0.1, 0.15) is 0 Å². The maximum Gasteiger partial charge on any atom is 0.296 e. The number of carbonyl (C=O) groups is 1. The van der Waals surface area contributed by atoms with Crippen LogP contribution < -0.4 is 20.7 Å². The van der Waals surface area contributed by atoms with E-state index in [1.54, 1.807) is 32.4 Å². The van der Waals surface area contributed by atoms with Crippen molar-refractivity contribution in [2.24, 2.45) is 17.0 Å². The first kappa shape index (κ1) is 20.0. The number of carbonyl (C=O) groups excluding carboxylic acids is 1. The zero-order valence-electron chi connectivity index (χ0n) is 15.3. The fourth-order valence-electron chi connectivity index (χ4n) is 4.15. The van der Waals surface area contributed by atoms with Gasteiger partial charge in [-0.2, -0.15) is 8.42 Å². The third-order valence-electron chi connectivity index (χ3n) is 5.40. The highest BCUT2D eigenvalue weighted by atomic mass is 32.2. The molecule has 0 aromatic heterocycles. The molecule has 2 fully saturated rings. The average molecular weight is 398 g/mol. The summed E-state index contributed by atoms with van der Waals surface area (Å²) in [5, 5.41) is 5.04. The second-order valence-corrected chi connectivity index (χ2v) is 8.38. The SMILES string of the molecule is COC1CC2C(=O)NNC(Cc3cccc(NS(N)(=O)=O)c3)C2CC1OC. The highest BCUT2D eigenvalue weighted by molar-refractivity contribution is 7.90. The van der Waals surface area contributed by atoms with Gasteiger partial charge in [0.2, 0.25) is 5.91 Å². The Morgan fingerprint density at radius 3 is 2.59 bits per heavy atom. The van der Waals surface area contributed by atoms with Crippen LogP contribution >= 0.6 is 0 Å². The van der Waals surface area contributed by atoms with Crippen LogP contribution in [0, 0.1) is 11.8 Å². The van der Waals surface area contributed by atoms with E-state index < -0.39 is 10.2 Å². The largest absolute Gasteiger partial charge is 0.379 e. The number of hydrogen-bond acceptors (Lipinski definition) is 6. The maximum absolute atomic E-state index is 12.3. The molecule has 10 heteroatoms. The minimum Gasteiger partial charge on any atom is -0.379 e. The Kier molecular flexibility index (Phi) is 6.02. The van der Waals surface area contributed by atoms with Crippen molar-refractivity contribution >= 4 is 21.8 Å². The molecule has 1 saturated heterocycles. The Hall–Kier alpha value is -1.72. The molecule has 1 heterocycles. The summed E-state index contributed by atoms with van der Waals surface area (Å²) in [7, 11) is -0.532. The Bertz CT molecular complexity index is 787. The van der Waals surface area contributed by atoms with Crippen LogP contribution in [0.3, 0.4) is 0 Å². The van der Waals surface area contributed by atoms with Crippen LogP contribution in [0.5, 0.6) is 0 Å². The maximum atomic E-state index is 12.3. The number of benzene rings is 1. The number of fused-ring (bicyclic) bond motifs is 1. The summed E-state index contributed by atoms with van der Waals surface area (Å²) in [6.07, 6.45) is 1.76. The molecule has 9 nitrogen and oxygen atoms in total. The highest BCUT2D eigenvalue weighted by Gasteiger charge is 2.46. The van der Waals surface area contributed by atoms with Crippen molar-refractivity contribution in [3.05, 3.63) is 29.8 Å². The lowest BCUT2D eigenvalue weighted by Crippen LogP contribution is -2.63. The van der Waals surface area contributed by atoms with Gasteiger partial charge in [-0.05, 0) is 42.9 Å². The van der Waals surface area contributed by atoms with E-state index in [2.05, 4.69) is 15.6 Å². The van der Waals surface area contributed by atoms with Gasteiger partial charge >= 0.3 is 0 Å². The summed E-state index contributed by atoms with van der Waals surface area (Å²) >= 11 is 0. The number of amides is 1. The third-order valence-corrected chi connectivity index (χ3v) is 5.92. The van der Waals surface area contributed by atoms with E-state index in [0.717, 1.165) is 5.56 Å². The molecule has 150 valence electrons. The van der Waals surface area contributed by atoms with Gasteiger partial charge in [0.15, 0.2) is 0 Å². The zero-order chi connectivity index (χ0) is 19.6. The molecule has 2 aliphatic rings. The number of anilines is 1. The van der Waals surface area contributed by atoms with Crippen molar-refractivity contribution < 1.29 is 22.7 Å². The molecule has 1 aromatic rings. The Morgan fingerprint density at radius 1 is 1.22 bits per heavy atom. The highest BCUT2D eigenvalue weighted by Crippen LogP contribution is 2.38. The molecule has 1 aromatic carbocycles. The minimum atomic E-state index is -3.83. The standard InChI is InChI=1S/C17H26N4O5S/c1-25-15-8-12-13(9-16(15)26-2)17(22)20-19-14(12)7-10-4-3-5-11(6-10)21-27(18,23)24/h3-6,12-16,19,21H,7-9H2,1-2H3,(H,20,22)(H2,18,23,24). The van der Waals surface area contributed by atoms with Crippen LogP contribution in [0.15, 0.2) is 24.3 Å². The Labute approximate surface area is 159 Å². The van der Waals surface area contributed by atoms with Gasteiger partial charge in [-0.1, -0.05) is 12.1 Å². The van der Waals surface area contributed by atoms with Crippen LogP contribution in [0.2, 0.25) is 0 Å². The van der Waals surface area contributed by atoms with Crippen molar-refractivity contribution in [3.63, 3.8) is 0 Å². The summed E-state index contributed by atoms with van der Waals surface area (Å²) in [5.74, 6) is -0.0965. The number of ether oxygens (including phenoxy) is 2. The smallest absolute Gasteiger partial charge is 0.296 e. The van der Waals surface area contributed by atoms with Crippen LogP contribution in [0.4, 0.5) is 5.69 Å². The van der Waals surface area contributed by atoms with Gasteiger partial charge in [-0.3, -0.25) is 14.9 Å². The van der Waals surface area contributed by atoms with Gasteiger partial charge in [0.05, 0.1) is 12.2 Å². The van der Waals surface area contributed by atoms with Crippen molar-refractivity contribution in [2.45, 2.75) is 37.5 Å². The van der Waals surface area contributed by atoms with Crippen LogP contribution in [-0.4, -0.2) is 46.8 Å². The molecule has 1 amide bonds.